The van der Waals surface area contributed by atoms with E-state index in [0.717, 1.165) is 0 Å². The quantitative estimate of drug-likeness (QED) is 0.803. The van der Waals surface area contributed by atoms with Gasteiger partial charge in [0.05, 0.1) is 6.10 Å². The molecule has 1 unspecified atom stereocenters. The van der Waals surface area contributed by atoms with Crippen molar-refractivity contribution >= 4 is 11.6 Å². The number of halogens is 2. The zero-order valence-corrected chi connectivity index (χ0v) is 8.68. The van der Waals surface area contributed by atoms with Crippen molar-refractivity contribution in [3.63, 3.8) is 0 Å². The van der Waals surface area contributed by atoms with Crippen LogP contribution in [0.25, 0.3) is 0 Å². The molecule has 4 heteroatoms. The predicted octanol–water partition coefficient (Wildman–Crippen LogP) is 1.60. The van der Waals surface area contributed by atoms with E-state index < -0.39 is 6.10 Å². The SMILES string of the molecule is CNCC(O)Cc1cc(F)ccc1Cl. The Morgan fingerprint density at radius 2 is 2.29 bits per heavy atom. The molecular weight excluding hydrogens is 205 g/mol. The smallest absolute Gasteiger partial charge is 0.123 e. The van der Waals surface area contributed by atoms with Crippen LogP contribution in [0.2, 0.25) is 5.02 Å². The molecule has 0 aromatic heterocycles. The molecule has 0 aliphatic carbocycles. The number of aliphatic hydroxyl groups is 1. The van der Waals surface area contributed by atoms with Gasteiger partial charge in [-0.15, -0.1) is 0 Å². The lowest BCUT2D eigenvalue weighted by Crippen LogP contribution is -2.25. The first-order chi connectivity index (χ1) is 6.63. The molecule has 1 aromatic rings. The Balaban J connectivity index is 2.70. The highest BCUT2D eigenvalue weighted by molar-refractivity contribution is 6.31. The van der Waals surface area contributed by atoms with Crippen molar-refractivity contribution in [2.75, 3.05) is 13.6 Å². The van der Waals surface area contributed by atoms with Crippen LogP contribution in [0, 0.1) is 5.82 Å². The van der Waals surface area contributed by atoms with E-state index in [1.807, 2.05) is 0 Å². The number of nitrogens with one attached hydrogen (secondary N) is 1. The zero-order chi connectivity index (χ0) is 10.6. The molecule has 0 spiro atoms. The third-order valence-electron chi connectivity index (χ3n) is 1.90. The number of benzene rings is 1. The van der Waals surface area contributed by atoms with E-state index in [-0.39, 0.29) is 5.82 Å². The Bertz CT molecular complexity index is 306. The minimum atomic E-state index is -0.542. The molecule has 1 atom stereocenters. The maximum atomic E-state index is 12.8. The molecule has 14 heavy (non-hydrogen) atoms. The molecule has 1 rings (SSSR count). The average Bonchev–Trinajstić information content (AvgIpc) is 2.12. The van der Waals surface area contributed by atoms with Gasteiger partial charge < -0.3 is 10.4 Å². The maximum absolute atomic E-state index is 12.8. The second kappa shape index (κ2) is 5.29. The highest BCUT2D eigenvalue weighted by Crippen LogP contribution is 2.18. The van der Waals surface area contributed by atoms with Crippen molar-refractivity contribution in [1.29, 1.82) is 0 Å². The van der Waals surface area contributed by atoms with Crippen LogP contribution in [-0.4, -0.2) is 24.8 Å². The first-order valence-electron chi connectivity index (χ1n) is 4.40. The topological polar surface area (TPSA) is 32.3 Å². The van der Waals surface area contributed by atoms with Crippen molar-refractivity contribution < 1.29 is 9.50 Å². The third kappa shape index (κ3) is 3.25. The molecular formula is C10H13ClFNO. The summed E-state index contributed by atoms with van der Waals surface area (Å²) in [4.78, 5) is 0. The van der Waals surface area contributed by atoms with Gasteiger partial charge in [0.1, 0.15) is 5.82 Å². The Morgan fingerprint density at radius 3 is 2.93 bits per heavy atom. The number of likely N-dealkylation sites (N-methyl/N-ethyl adjacent to an activating group) is 1. The van der Waals surface area contributed by atoms with Gasteiger partial charge in [0.2, 0.25) is 0 Å². The van der Waals surface area contributed by atoms with Crippen molar-refractivity contribution in [3.05, 3.63) is 34.6 Å². The summed E-state index contributed by atoms with van der Waals surface area (Å²) >= 11 is 5.84. The molecule has 0 fully saturated rings. The van der Waals surface area contributed by atoms with E-state index in [0.29, 0.717) is 23.6 Å². The summed E-state index contributed by atoms with van der Waals surface area (Å²) in [6, 6.07) is 4.15. The summed E-state index contributed by atoms with van der Waals surface area (Å²) in [6.07, 6.45) is -0.184. The van der Waals surface area contributed by atoms with Gasteiger partial charge in [-0.05, 0) is 30.8 Å². The molecule has 0 aliphatic rings. The second-order valence-corrected chi connectivity index (χ2v) is 3.56. The summed E-state index contributed by atoms with van der Waals surface area (Å²) in [7, 11) is 1.75. The molecule has 1 aromatic carbocycles. The summed E-state index contributed by atoms with van der Waals surface area (Å²) < 4.78 is 12.8. The summed E-state index contributed by atoms with van der Waals surface area (Å²) in [5, 5.41) is 12.8. The normalized spacial score (nSPS) is 12.9. The van der Waals surface area contributed by atoms with Crippen LogP contribution in [0.15, 0.2) is 18.2 Å². The molecule has 0 amide bonds. The predicted molar refractivity (Wildman–Crippen MR) is 55.0 cm³/mol. The summed E-state index contributed by atoms with van der Waals surface area (Å²) in [6.45, 7) is 0.465. The Hall–Kier alpha value is -0.640. The van der Waals surface area contributed by atoms with Crippen LogP contribution in [-0.2, 0) is 6.42 Å². The van der Waals surface area contributed by atoms with Gasteiger partial charge >= 0.3 is 0 Å². The lowest BCUT2D eigenvalue weighted by molar-refractivity contribution is 0.174. The van der Waals surface area contributed by atoms with Gasteiger partial charge in [0, 0.05) is 18.0 Å². The van der Waals surface area contributed by atoms with Crippen LogP contribution in [0.5, 0.6) is 0 Å². The first-order valence-corrected chi connectivity index (χ1v) is 4.78. The Kier molecular flexibility index (Phi) is 4.32. The minimum absolute atomic E-state index is 0.332. The molecule has 0 aliphatic heterocycles. The van der Waals surface area contributed by atoms with E-state index in [1.54, 1.807) is 7.05 Å². The fraction of sp³-hybridized carbons (Fsp3) is 0.400. The van der Waals surface area contributed by atoms with Gasteiger partial charge in [-0.2, -0.15) is 0 Å². The molecule has 2 N–H and O–H groups in total. The van der Waals surface area contributed by atoms with E-state index in [2.05, 4.69) is 5.32 Å². The van der Waals surface area contributed by atoms with Gasteiger partial charge in [0.25, 0.3) is 0 Å². The Morgan fingerprint density at radius 1 is 1.57 bits per heavy atom. The lowest BCUT2D eigenvalue weighted by atomic mass is 10.1. The van der Waals surface area contributed by atoms with E-state index in [9.17, 15) is 9.50 Å². The summed E-state index contributed by atoms with van der Waals surface area (Å²) in [5.74, 6) is -0.332. The lowest BCUT2D eigenvalue weighted by Gasteiger charge is -2.10. The van der Waals surface area contributed by atoms with E-state index in [4.69, 9.17) is 11.6 Å². The highest BCUT2D eigenvalue weighted by atomic mass is 35.5. The average molecular weight is 218 g/mol. The van der Waals surface area contributed by atoms with E-state index >= 15 is 0 Å². The molecule has 0 bridgehead atoms. The molecule has 0 saturated carbocycles. The number of aliphatic hydroxyl groups excluding tert-OH is 1. The minimum Gasteiger partial charge on any atom is -0.391 e. The Labute approximate surface area is 87.7 Å². The number of rotatable bonds is 4. The first kappa shape index (κ1) is 11.4. The van der Waals surface area contributed by atoms with Gasteiger partial charge in [-0.3, -0.25) is 0 Å². The highest BCUT2D eigenvalue weighted by Gasteiger charge is 2.08. The van der Waals surface area contributed by atoms with Crippen molar-refractivity contribution in [2.24, 2.45) is 0 Å². The monoisotopic (exact) mass is 217 g/mol. The van der Waals surface area contributed by atoms with Crippen LogP contribution in [0.4, 0.5) is 4.39 Å². The van der Waals surface area contributed by atoms with Gasteiger partial charge in [0.15, 0.2) is 0 Å². The van der Waals surface area contributed by atoms with Crippen LogP contribution in [0.1, 0.15) is 5.56 Å². The number of hydrogen-bond donors (Lipinski definition) is 2. The van der Waals surface area contributed by atoms with E-state index in [1.165, 1.54) is 18.2 Å². The molecule has 0 radical (unpaired) electrons. The molecule has 78 valence electrons. The van der Waals surface area contributed by atoms with Gasteiger partial charge in [-0.1, -0.05) is 11.6 Å². The van der Waals surface area contributed by atoms with Crippen molar-refractivity contribution in [1.82, 2.24) is 5.32 Å². The fourth-order valence-corrected chi connectivity index (χ4v) is 1.46. The van der Waals surface area contributed by atoms with Crippen LogP contribution in [0.3, 0.4) is 0 Å². The van der Waals surface area contributed by atoms with Crippen molar-refractivity contribution in [2.45, 2.75) is 12.5 Å². The maximum Gasteiger partial charge on any atom is 0.123 e. The second-order valence-electron chi connectivity index (χ2n) is 3.15. The number of hydrogen-bond acceptors (Lipinski definition) is 2. The molecule has 0 saturated heterocycles. The third-order valence-corrected chi connectivity index (χ3v) is 2.27. The van der Waals surface area contributed by atoms with Crippen LogP contribution >= 0.6 is 11.6 Å². The molecule has 2 nitrogen and oxygen atoms in total. The fourth-order valence-electron chi connectivity index (χ4n) is 1.26. The molecule has 0 heterocycles. The summed E-state index contributed by atoms with van der Waals surface area (Å²) in [5.41, 5.74) is 0.634. The van der Waals surface area contributed by atoms with Crippen LogP contribution < -0.4 is 5.32 Å². The van der Waals surface area contributed by atoms with Crippen molar-refractivity contribution in [3.8, 4) is 0 Å². The standard InChI is InChI=1S/C10H13ClFNO/c1-13-6-9(14)5-7-4-8(12)2-3-10(7)11/h2-4,9,13-14H,5-6H2,1H3. The zero-order valence-electron chi connectivity index (χ0n) is 7.93. The largest absolute Gasteiger partial charge is 0.391 e. The van der Waals surface area contributed by atoms with Gasteiger partial charge in [-0.25, -0.2) is 4.39 Å².